The molecule has 1 aromatic heterocycles. The number of halogens is 5. The lowest BCUT2D eigenvalue weighted by atomic mass is 10.3. The fourth-order valence-electron chi connectivity index (χ4n) is 2.31. The van der Waals surface area contributed by atoms with E-state index in [1.165, 1.54) is 30.3 Å². The summed E-state index contributed by atoms with van der Waals surface area (Å²) in [4.78, 5) is 4.06. The molecular weight excluding hydrogens is 505 g/mol. The van der Waals surface area contributed by atoms with Gasteiger partial charge < -0.3 is 15.8 Å². The van der Waals surface area contributed by atoms with Crippen LogP contribution in [0.3, 0.4) is 0 Å². The van der Waals surface area contributed by atoms with E-state index in [1.54, 1.807) is 29.1 Å². The highest BCUT2D eigenvalue weighted by molar-refractivity contribution is 14.0. The summed E-state index contributed by atoms with van der Waals surface area (Å²) in [6, 6.07) is 13.0. The summed E-state index contributed by atoms with van der Waals surface area (Å²) < 4.78 is 55.8. The van der Waals surface area contributed by atoms with E-state index in [2.05, 4.69) is 20.1 Å². The highest BCUT2D eigenvalue weighted by atomic mass is 127. The Morgan fingerprint density at radius 1 is 1.10 bits per heavy atom. The molecule has 29 heavy (non-hydrogen) atoms. The molecule has 0 fully saturated rings. The van der Waals surface area contributed by atoms with Crippen LogP contribution in [0, 0.1) is 5.82 Å². The molecule has 0 saturated carbocycles. The van der Waals surface area contributed by atoms with Crippen LogP contribution in [-0.4, -0.2) is 22.1 Å². The van der Waals surface area contributed by atoms with Crippen molar-refractivity contribution in [2.45, 2.75) is 12.9 Å². The number of alkyl halides is 3. The van der Waals surface area contributed by atoms with Crippen molar-refractivity contribution in [2.24, 2.45) is 10.7 Å². The molecule has 0 aliphatic heterocycles. The van der Waals surface area contributed by atoms with Crippen molar-refractivity contribution >= 4 is 35.6 Å². The van der Waals surface area contributed by atoms with Crippen LogP contribution in [0.5, 0.6) is 5.75 Å². The monoisotopic (exact) mass is 521 g/mol. The van der Waals surface area contributed by atoms with Gasteiger partial charge >= 0.3 is 6.36 Å². The van der Waals surface area contributed by atoms with Crippen LogP contribution in [-0.2, 0) is 6.54 Å². The van der Waals surface area contributed by atoms with Gasteiger partial charge in [0.2, 0.25) is 0 Å². The molecule has 0 unspecified atom stereocenters. The van der Waals surface area contributed by atoms with Crippen molar-refractivity contribution in [3.63, 3.8) is 0 Å². The predicted molar refractivity (Wildman–Crippen MR) is 111 cm³/mol. The van der Waals surface area contributed by atoms with Gasteiger partial charge in [0.1, 0.15) is 5.82 Å². The van der Waals surface area contributed by atoms with Gasteiger partial charge in [-0.1, -0.05) is 12.1 Å². The maximum Gasteiger partial charge on any atom is 0.573 e. The van der Waals surface area contributed by atoms with Crippen molar-refractivity contribution < 1.29 is 22.3 Å². The summed E-state index contributed by atoms with van der Waals surface area (Å²) in [5.74, 6) is -0.877. The zero-order valence-corrected chi connectivity index (χ0v) is 17.1. The van der Waals surface area contributed by atoms with Gasteiger partial charge in [-0.2, -0.15) is 5.10 Å². The molecule has 154 valence electrons. The summed E-state index contributed by atoms with van der Waals surface area (Å²) in [7, 11) is 0. The third-order valence-electron chi connectivity index (χ3n) is 3.52. The predicted octanol–water partition coefficient (Wildman–Crippen LogP) is 4.45. The molecule has 0 atom stereocenters. The number of rotatable bonds is 5. The first-order chi connectivity index (χ1) is 13.3. The molecule has 1 heterocycles. The fraction of sp³-hybridized carbons (Fsp3) is 0.111. The highest BCUT2D eigenvalue weighted by Crippen LogP contribution is 2.29. The van der Waals surface area contributed by atoms with Gasteiger partial charge in [0.15, 0.2) is 11.7 Å². The number of ether oxygens (including phenoxy) is 1. The standard InChI is InChI=1S/C18H15F4N5O.HI/c19-12-5-7-14(8-6-12)27-10-9-13(26-27)11-24-17(23)25-15-3-1-2-4-16(15)28-18(20,21)22;/h1-10H,11H2,(H3,23,24,25);1H. The first-order valence-corrected chi connectivity index (χ1v) is 8.02. The number of aromatic nitrogens is 2. The lowest BCUT2D eigenvalue weighted by Crippen LogP contribution is -2.24. The van der Waals surface area contributed by atoms with E-state index in [0.717, 1.165) is 6.07 Å². The molecule has 0 bridgehead atoms. The smallest absolute Gasteiger partial charge is 0.404 e. The molecule has 0 amide bonds. The summed E-state index contributed by atoms with van der Waals surface area (Å²) in [6.45, 7) is 0.0926. The van der Waals surface area contributed by atoms with Gasteiger partial charge in [-0.25, -0.2) is 14.1 Å². The van der Waals surface area contributed by atoms with Crippen molar-refractivity contribution in [3.8, 4) is 11.4 Å². The summed E-state index contributed by atoms with van der Waals surface area (Å²) in [6.07, 6.45) is -3.15. The number of nitrogens with zero attached hydrogens (tertiary/aromatic N) is 3. The molecule has 6 nitrogen and oxygen atoms in total. The van der Waals surface area contributed by atoms with Crippen LogP contribution in [0.25, 0.3) is 5.69 Å². The van der Waals surface area contributed by atoms with Crippen molar-refractivity contribution in [2.75, 3.05) is 5.32 Å². The largest absolute Gasteiger partial charge is 0.573 e. The van der Waals surface area contributed by atoms with Crippen LogP contribution in [0.1, 0.15) is 5.69 Å². The molecule has 0 aliphatic carbocycles. The lowest BCUT2D eigenvalue weighted by molar-refractivity contribution is -0.274. The van der Waals surface area contributed by atoms with E-state index in [1.807, 2.05) is 0 Å². The topological polar surface area (TPSA) is 77.5 Å². The number of anilines is 1. The zero-order chi connectivity index (χ0) is 20.1. The molecule has 0 saturated heterocycles. The Labute approximate surface area is 180 Å². The number of guanidine groups is 1. The minimum absolute atomic E-state index is 0. The van der Waals surface area contributed by atoms with E-state index in [4.69, 9.17) is 5.73 Å². The third kappa shape index (κ3) is 6.62. The quantitative estimate of drug-likeness (QED) is 0.225. The van der Waals surface area contributed by atoms with E-state index in [9.17, 15) is 17.6 Å². The Morgan fingerprint density at radius 2 is 1.79 bits per heavy atom. The number of hydrogen-bond acceptors (Lipinski definition) is 3. The maximum atomic E-state index is 13.0. The molecule has 3 rings (SSSR count). The Kier molecular flexibility index (Phi) is 7.42. The molecular formula is C18H16F4IN5O. The normalized spacial score (nSPS) is 11.7. The minimum atomic E-state index is -4.82. The Bertz CT molecular complexity index is 973. The molecule has 11 heteroatoms. The molecule has 0 spiro atoms. The Morgan fingerprint density at radius 3 is 2.48 bits per heavy atom. The summed E-state index contributed by atoms with van der Waals surface area (Å²) in [5, 5.41) is 6.86. The zero-order valence-electron chi connectivity index (χ0n) is 14.7. The van der Waals surface area contributed by atoms with Gasteiger partial charge in [-0.05, 0) is 42.5 Å². The first kappa shape index (κ1) is 22.5. The summed E-state index contributed by atoms with van der Waals surface area (Å²) >= 11 is 0. The highest BCUT2D eigenvalue weighted by Gasteiger charge is 2.32. The van der Waals surface area contributed by atoms with E-state index < -0.39 is 12.1 Å². The van der Waals surface area contributed by atoms with Crippen molar-refractivity contribution in [1.82, 2.24) is 9.78 Å². The van der Waals surface area contributed by atoms with Crippen LogP contribution in [0.4, 0.5) is 23.2 Å². The number of nitrogens with one attached hydrogen (secondary N) is 1. The Balaban J connectivity index is 0.00000300. The summed E-state index contributed by atoms with van der Waals surface area (Å²) in [5.41, 5.74) is 7.00. The van der Waals surface area contributed by atoms with Gasteiger partial charge in [-0.15, -0.1) is 37.1 Å². The number of aliphatic imine (C=N–C) groups is 1. The minimum Gasteiger partial charge on any atom is -0.404 e. The van der Waals surface area contributed by atoms with Crippen molar-refractivity contribution in [1.29, 1.82) is 0 Å². The average molecular weight is 521 g/mol. The molecule has 3 aromatic rings. The maximum absolute atomic E-state index is 13.0. The van der Waals surface area contributed by atoms with Gasteiger partial charge in [-0.3, -0.25) is 0 Å². The van der Waals surface area contributed by atoms with Gasteiger partial charge in [0.25, 0.3) is 0 Å². The second-order valence-electron chi connectivity index (χ2n) is 5.60. The van der Waals surface area contributed by atoms with Crippen molar-refractivity contribution in [3.05, 3.63) is 72.3 Å². The van der Waals surface area contributed by atoms with Gasteiger partial charge in [0.05, 0.1) is 23.6 Å². The number of benzene rings is 2. The van der Waals surface area contributed by atoms with Crippen LogP contribution in [0.2, 0.25) is 0 Å². The molecule has 0 radical (unpaired) electrons. The number of para-hydroxylation sites is 2. The van der Waals surface area contributed by atoms with Crippen LogP contribution < -0.4 is 15.8 Å². The van der Waals surface area contributed by atoms with Crippen LogP contribution >= 0.6 is 24.0 Å². The molecule has 0 aliphatic rings. The second-order valence-corrected chi connectivity index (χ2v) is 5.60. The SMILES string of the molecule is I.NC(=NCc1ccn(-c2ccc(F)cc2)n1)Nc1ccccc1OC(F)(F)F. The average Bonchev–Trinajstić information content (AvgIpc) is 3.10. The van der Waals surface area contributed by atoms with E-state index in [-0.39, 0.29) is 48.0 Å². The lowest BCUT2D eigenvalue weighted by Gasteiger charge is -2.14. The van der Waals surface area contributed by atoms with E-state index >= 15 is 0 Å². The first-order valence-electron chi connectivity index (χ1n) is 8.02. The molecule has 3 N–H and O–H groups in total. The Hall–Kier alpha value is -2.83. The number of nitrogens with two attached hydrogens (primary N) is 1. The third-order valence-corrected chi connectivity index (χ3v) is 3.52. The van der Waals surface area contributed by atoms with Gasteiger partial charge in [0, 0.05) is 6.20 Å². The van der Waals surface area contributed by atoms with Crippen LogP contribution in [0.15, 0.2) is 65.8 Å². The second kappa shape index (κ2) is 9.58. The fourth-order valence-corrected chi connectivity index (χ4v) is 2.31. The number of hydrogen-bond donors (Lipinski definition) is 2. The molecule has 2 aromatic carbocycles. The van der Waals surface area contributed by atoms with E-state index in [0.29, 0.717) is 11.4 Å².